The first kappa shape index (κ1) is 13.4. The van der Waals surface area contributed by atoms with E-state index in [4.69, 9.17) is 5.26 Å². The molecule has 0 aliphatic heterocycles. The number of ketones is 1. The van der Waals surface area contributed by atoms with Crippen molar-refractivity contribution in [3.8, 4) is 6.07 Å². The number of carbonyl (C=O) groups is 1. The van der Waals surface area contributed by atoms with Crippen LogP contribution in [0.15, 0.2) is 35.4 Å². The normalized spacial score (nSPS) is 10.2. The van der Waals surface area contributed by atoms with E-state index in [-0.39, 0.29) is 5.78 Å². The Bertz CT molecular complexity index is 638. The zero-order valence-corrected chi connectivity index (χ0v) is 11.6. The van der Waals surface area contributed by atoms with Gasteiger partial charge in [-0.15, -0.1) is 0 Å². The van der Waals surface area contributed by atoms with Crippen LogP contribution in [0.3, 0.4) is 0 Å². The summed E-state index contributed by atoms with van der Waals surface area (Å²) in [7, 11) is 1.86. The molecule has 0 atom stereocenters. The Morgan fingerprint density at radius 3 is 2.63 bits per heavy atom. The van der Waals surface area contributed by atoms with Crippen LogP contribution in [0.2, 0.25) is 0 Å². The van der Waals surface area contributed by atoms with E-state index >= 15 is 0 Å². The SMILES string of the molecule is Cc1cc(SCC(=O)c2ccc(C#N)cc2)n(C)n1. The summed E-state index contributed by atoms with van der Waals surface area (Å²) in [6.45, 7) is 1.92. The maximum absolute atomic E-state index is 12.0. The van der Waals surface area contributed by atoms with Gasteiger partial charge in [-0.25, -0.2) is 0 Å². The minimum Gasteiger partial charge on any atom is -0.293 e. The molecular weight excluding hydrogens is 258 g/mol. The molecule has 0 amide bonds. The summed E-state index contributed by atoms with van der Waals surface area (Å²) < 4.78 is 1.77. The number of thioether (sulfide) groups is 1. The Morgan fingerprint density at radius 2 is 2.11 bits per heavy atom. The number of rotatable bonds is 4. The first-order valence-electron chi connectivity index (χ1n) is 5.77. The van der Waals surface area contributed by atoms with E-state index in [2.05, 4.69) is 5.10 Å². The lowest BCUT2D eigenvalue weighted by Crippen LogP contribution is -2.03. The van der Waals surface area contributed by atoms with E-state index in [1.165, 1.54) is 11.8 Å². The van der Waals surface area contributed by atoms with Crippen molar-refractivity contribution in [3.63, 3.8) is 0 Å². The first-order valence-corrected chi connectivity index (χ1v) is 6.75. The summed E-state index contributed by atoms with van der Waals surface area (Å²) in [5.41, 5.74) is 2.13. The minimum atomic E-state index is 0.0494. The largest absolute Gasteiger partial charge is 0.293 e. The van der Waals surface area contributed by atoms with Gasteiger partial charge in [-0.3, -0.25) is 9.48 Å². The second-order valence-corrected chi connectivity index (χ2v) is 5.14. The number of nitrogens with zero attached hydrogens (tertiary/aromatic N) is 3. The molecule has 2 aromatic rings. The maximum atomic E-state index is 12.0. The predicted molar refractivity (Wildman–Crippen MR) is 74.2 cm³/mol. The standard InChI is InChI=1S/C14H13N3OS/c1-10-7-14(17(2)16-10)19-9-13(18)12-5-3-11(8-15)4-6-12/h3-7H,9H2,1-2H3. The monoisotopic (exact) mass is 271 g/mol. The molecule has 1 heterocycles. The van der Waals surface area contributed by atoms with Crippen LogP contribution in [-0.2, 0) is 7.05 Å². The number of aryl methyl sites for hydroxylation is 2. The number of hydrogen-bond acceptors (Lipinski definition) is 4. The van der Waals surface area contributed by atoms with Crippen LogP contribution in [0.4, 0.5) is 0 Å². The van der Waals surface area contributed by atoms with Crippen LogP contribution >= 0.6 is 11.8 Å². The van der Waals surface area contributed by atoms with Crippen LogP contribution in [0.5, 0.6) is 0 Å². The molecule has 0 aliphatic rings. The Balaban J connectivity index is 2.01. The van der Waals surface area contributed by atoms with Crippen LogP contribution in [0, 0.1) is 18.3 Å². The summed E-state index contributed by atoms with van der Waals surface area (Å²) >= 11 is 1.47. The highest BCUT2D eigenvalue weighted by molar-refractivity contribution is 7.99. The number of benzene rings is 1. The molecule has 0 spiro atoms. The molecule has 0 aliphatic carbocycles. The molecule has 4 nitrogen and oxygen atoms in total. The summed E-state index contributed by atoms with van der Waals surface area (Å²) in [6, 6.07) is 10.7. The topological polar surface area (TPSA) is 58.7 Å². The third-order valence-corrected chi connectivity index (χ3v) is 3.73. The van der Waals surface area contributed by atoms with Crippen molar-refractivity contribution >= 4 is 17.5 Å². The van der Waals surface area contributed by atoms with Crippen molar-refractivity contribution in [2.45, 2.75) is 11.9 Å². The van der Waals surface area contributed by atoms with Crippen molar-refractivity contribution in [3.05, 3.63) is 47.2 Å². The quantitative estimate of drug-likeness (QED) is 0.633. The van der Waals surface area contributed by atoms with E-state index in [9.17, 15) is 4.79 Å². The van der Waals surface area contributed by atoms with Gasteiger partial charge in [0.2, 0.25) is 0 Å². The predicted octanol–water partition coefficient (Wildman–Crippen LogP) is 2.58. The minimum absolute atomic E-state index is 0.0494. The van der Waals surface area contributed by atoms with Gasteiger partial charge in [-0.1, -0.05) is 23.9 Å². The zero-order valence-electron chi connectivity index (χ0n) is 10.8. The lowest BCUT2D eigenvalue weighted by molar-refractivity contribution is 0.102. The summed E-state index contributed by atoms with van der Waals surface area (Å²) in [5, 5.41) is 13.9. The van der Waals surface area contributed by atoms with Crippen LogP contribution in [-0.4, -0.2) is 21.3 Å². The summed E-state index contributed by atoms with van der Waals surface area (Å²) in [6.07, 6.45) is 0. The van der Waals surface area contributed by atoms with E-state index in [0.29, 0.717) is 16.9 Å². The molecule has 0 saturated carbocycles. The average Bonchev–Trinajstić information content (AvgIpc) is 2.74. The third kappa shape index (κ3) is 3.24. The van der Waals surface area contributed by atoms with Crippen molar-refractivity contribution < 1.29 is 4.79 Å². The van der Waals surface area contributed by atoms with Gasteiger partial charge in [0, 0.05) is 12.6 Å². The first-order chi connectivity index (χ1) is 9.10. The van der Waals surface area contributed by atoms with E-state index < -0.39 is 0 Å². The molecule has 96 valence electrons. The molecule has 0 unspecified atom stereocenters. The summed E-state index contributed by atoms with van der Waals surface area (Å²) in [4.78, 5) is 12.0. The Labute approximate surface area is 116 Å². The van der Waals surface area contributed by atoms with Gasteiger partial charge in [-0.05, 0) is 25.1 Å². The fourth-order valence-electron chi connectivity index (χ4n) is 1.68. The van der Waals surface area contributed by atoms with Gasteiger partial charge < -0.3 is 0 Å². The highest BCUT2D eigenvalue weighted by atomic mass is 32.2. The van der Waals surface area contributed by atoms with Gasteiger partial charge >= 0.3 is 0 Å². The van der Waals surface area contributed by atoms with Gasteiger partial charge in [0.15, 0.2) is 5.78 Å². The smallest absolute Gasteiger partial charge is 0.173 e. The van der Waals surface area contributed by atoms with Gasteiger partial charge in [0.25, 0.3) is 0 Å². The van der Waals surface area contributed by atoms with Crippen LogP contribution in [0.1, 0.15) is 21.6 Å². The van der Waals surface area contributed by atoms with Gasteiger partial charge in [-0.2, -0.15) is 10.4 Å². The van der Waals surface area contributed by atoms with Crippen LogP contribution in [0.25, 0.3) is 0 Å². The molecule has 2 rings (SSSR count). The molecule has 1 aromatic carbocycles. The zero-order chi connectivity index (χ0) is 13.8. The molecule has 0 N–H and O–H groups in total. The van der Waals surface area contributed by atoms with E-state index in [1.54, 1.807) is 28.9 Å². The molecule has 0 fully saturated rings. The maximum Gasteiger partial charge on any atom is 0.173 e. The molecule has 19 heavy (non-hydrogen) atoms. The molecule has 0 saturated heterocycles. The average molecular weight is 271 g/mol. The second-order valence-electron chi connectivity index (χ2n) is 4.15. The second kappa shape index (κ2) is 5.72. The molecular formula is C14H13N3OS. The highest BCUT2D eigenvalue weighted by Gasteiger charge is 2.09. The fourth-order valence-corrected chi connectivity index (χ4v) is 2.60. The lowest BCUT2D eigenvalue weighted by Gasteiger charge is -2.02. The fraction of sp³-hybridized carbons (Fsp3) is 0.214. The van der Waals surface area contributed by atoms with Crippen molar-refractivity contribution in [2.75, 3.05) is 5.75 Å². The van der Waals surface area contributed by atoms with Gasteiger partial charge in [0.1, 0.15) is 0 Å². The number of Topliss-reactive ketones (excluding diaryl/α,β-unsaturated/α-hetero) is 1. The number of hydrogen-bond donors (Lipinski definition) is 0. The molecule has 0 radical (unpaired) electrons. The Hall–Kier alpha value is -2.06. The van der Waals surface area contributed by atoms with Crippen molar-refractivity contribution in [2.24, 2.45) is 7.05 Å². The number of nitriles is 1. The van der Waals surface area contributed by atoms with Crippen LogP contribution < -0.4 is 0 Å². The van der Waals surface area contributed by atoms with E-state index in [0.717, 1.165) is 10.7 Å². The summed E-state index contributed by atoms with van der Waals surface area (Å²) in [5.74, 6) is 0.415. The van der Waals surface area contributed by atoms with Crippen molar-refractivity contribution in [1.29, 1.82) is 5.26 Å². The van der Waals surface area contributed by atoms with Gasteiger partial charge in [0.05, 0.1) is 28.1 Å². The molecule has 5 heteroatoms. The highest BCUT2D eigenvalue weighted by Crippen LogP contribution is 2.19. The number of aromatic nitrogens is 2. The number of carbonyl (C=O) groups excluding carboxylic acids is 1. The third-order valence-electron chi connectivity index (χ3n) is 2.65. The van der Waals surface area contributed by atoms with E-state index in [1.807, 2.05) is 26.1 Å². The van der Waals surface area contributed by atoms with Crippen molar-refractivity contribution in [1.82, 2.24) is 9.78 Å². The Kier molecular flexibility index (Phi) is 4.03. The molecule has 0 bridgehead atoms. The Morgan fingerprint density at radius 1 is 1.42 bits per heavy atom. The molecule has 1 aromatic heterocycles. The lowest BCUT2D eigenvalue weighted by atomic mass is 10.1.